The molecule has 2 fully saturated rings. The van der Waals surface area contributed by atoms with Crippen LogP contribution in [0.4, 0.5) is 32.9 Å². The lowest BCUT2D eigenvalue weighted by Gasteiger charge is -2.43. The number of tetrazole rings is 2. The van der Waals surface area contributed by atoms with Gasteiger partial charge in [0.25, 0.3) is 11.9 Å². The molecule has 2 aliphatic rings. The molecule has 2 unspecified atom stereocenters. The highest BCUT2D eigenvalue weighted by Gasteiger charge is 2.40. The van der Waals surface area contributed by atoms with Gasteiger partial charge >= 0.3 is 18.0 Å². The summed E-state index contributed by atoms with van der Waals surface area (Å²) in [5.74, 6) is -0.677. The van der Waals surface area contributed by atoms with E-state index in [1.165, 1.54) is 0 Å². The van der Waals surface area contributed by atoms with Gasteiger partial charge in [-0.2, -0.15) is 10.4 Å². The summed E-state index contributed by atoms with van der Waals surface area (Å²) in [7, 11) is 0. The lowest BCUT2D eigenvalue weighted by Crippen LogP contribution is -2.50. The molecule has 0 bridgehead atoms. The zero-order valence-electron chi connectivity index (χ0n) is 35.4. The number of aliphatic carboxylic acids is 1. The number of urea groups is 2. The van der Waals surface area contributed by atoms with Gasteiger partial charge < -0.3 is 31.3 Å². The molecule has 6 aromatic rings. The van der Waals surface area contributed by atoms with E-state index >= 15 is 0 Å². The Kier molecular flexibility index (Phi) is 16.8. The van der Waals surface area contributed by atoms with Crippen LogP contribution in [0.5, 0.6) is 0 Å². The van der Waals surface area contributed by atoms with E-state index in [9.17, 15) is 24.3 Å². The molecule has 340 valence electrons. The van der Waals surface area contributed by atoms with Crippen molar-refractivity contribution in [1.29, 1.82) is 0 Å². The molecule has 0 saturated carbocycles. The van der Waals surface area contributed by atoms with E-state index in [2.05, 4.69) is 69.3 Å². The quantitative estimate of drug-likeness (QED) is 0.0671. The summed E-state index contributed by atoms with van der Waals surface area (Å²) in [5.41, 5.74) is 7.89. The summed E-state index contributed by atoms with van der Waals surface area (Å²) in [4.78, 5) is 53.0. The van der Waals surface area contributed by atoms with Gasteiger partial charge in [-0.3, -0.25) is 14.9 Å². The summed E-state index contributed by atoms with van der Waals surface area (Å²) in [5, 5.41) is 44.2. The minimum absolute atomic E-state index is 0.0849. The fourth-order valence-electron chi connectivity index (χ4n) is 8.10. The van der Waals surface area contributed by atoms with Gasteiger partial charge in [0.05, 0.1) is 0 Å². The zero-order chi connectivity index (χ0) is 46.1. The highest BCUT2D eigenvalue weighted by atomic mass is 35.5. The molecule has 0 aliphatic carbocycles. The maximum absolute atomic E-state index is 13.0. The largest absolute Gasteiger partial charge is 0.481 e. The van der Waals surface area contributed by atoms with E-state index in [0.29, 0.717) is 60.4 Å². The zero-order valence-corrected chi connectivity index (χ0v) is 36.9. The second-order valence-electron chi connectivity index (χ2n) is 15.7. The number of amides is 5. The summed E-state index contributed by atoms with van der Waals surface area (Å²) in [6.07, 6.45) is 4.89. The van der Waals surface area contributed by atoms with Crippen molar-refractivity contribution in [3.63, 3.8) is 0 Å². The van der Waals surface area contributed by atoms with Crippen LogP contribution in [0.1, 0.15) is 62.5 Å². The molecule has 2 aromatic heterocycles. The van der Waals surface area contributed by atoms with Gasteiger partial charge in [-0.25, -0.2) is 9.59 Å². The van der Waals surface area contributed by atoms with E-state index in [4.69, 9.17) is 28.9 Å². The van der Waals surface area contributed by atoms with Crippen LogP contribution in [-0.2, 0) is 20.4 Å². The monoisotopic (exact) mass is 924 g/mol. The number of nitrogens with two attached hydrogens (primary N) is 1. The first kappa shape index (κ1) is 47.4. The van der Waals surface area contributed by atoms with Gasteiger partial charge in [0.1, 0.15) is 0 Å². The third kappa shape index (κ3) is 13.9. The predicted molar refractivity (Wildman–Crippen MR) is 246 cm³/mol. The Morgan fingerprint density at radius 2 is 1.09 bits per heavy atom. The molecule has 2 atom stereocenters. The second-order valence-corrected chi connectivity index (χ2v) is 16.5. The number of halogens is 2. The molecule has 5 amide bonds. The number of carbonyl (C=O) groups is 4. The number of hydrogen-bond donors (Lipinski definition) is 7. The van der Waals surface area contributed by atoms with Crippen molar-refractivity contribution in [3.05, 3.63) is 130 Å². The molecule has 65 heavy (non-hydrogen) atoms. The number of hydrogen-bond acceptors (Lipinski definition) is 11. The molecular weight excluding hydrogens is 875 g/mol. The maximum Gasteiger partial charge on any atom is 0.321 e. The van der Waals surface area contributed by atoms with E-state index in [-0.39, 0.29) is 53.5 Å². The highest BCUT2D eigenvalue weighted by Crippen LogP contribution is 2.40. The molecule has 0 radical (unpaired) electrons. The average Bonchev–Trinajstić information content (AvgIpc) is 4.04. The van der Waals surface area contributed by atoms with Gasteiger partial charge in [-0.1, -0.05) is 94.1 Å². The van der Waals surface area contributed by atoms with Gasteiger partial charge in [0, 0.05) is 71.3 Å². The topological polar surface area (TPSA) is 266 Å². The molecule has 19 nitrogen and oxygen atoms in total. The number of nitrogens with one attached hydrogen (secondary N) is 5. The molecule has 2 saturated heterocycles. The number of benzene rings is 4. The van der Waals surface area contributed by atoms with Crippen LogP contribution in [0.2, 0.25) is 10.0 Å². The van der Waals surface area contributed by atoms with Crippen LogP contribution >= 0.6 is 23.2 Å². The molecule has 8 N–H and O–H groups in total. The summed E-state index contributed by atoms with van der Waals surface area (Å²) >= 11 is 11.8. The van der Waals surface area contributed by atoms with Crippen molar-refractivity contribution in [2.75, 3.05) is 47.9 Å². The first-order valence-electron chi connectivity index (χ1n) is 20.9. The number of anilines is 4. The van der Waals surface area contributed by atoms with Crippen molar-refractivity contribution in [1.82, 2.24) is 51.0 Å². The van der Waals surface area contributed by atoms with E-state index in [1.807, 2.05) is 53.4 Å². The molecule has 4 heterocycles. The Hall–Kier alpha value is -7.12. The SMILES string of the molecule is Nc1nn[nH]n1.O=C(CCC1(c2ccccc2)CCCN(C(=O)Nc2ccc(Cl)cc2)C1)Nc1nn[nH]n1.O=C(O)CCC1(c2ccccc2)CCCN(C(=O)Nc2ccc(Cl)cc2)C1. The summed E-state index contributed by atoms with van der Waals surface area (Å²) in [6, 6.07) is 33.7. The third-order valence-corrected chi connectivity index (χ3v) is 11.8. The third-order valence-electron chi connectivity index (χ3n) is 11.3. The Balaban J connectivity index is 0.000000193. The number of H-pyrrole nitrogens is 2. The molecule has 4 aromatic carbocycles. The number of carboxylic acids is 1. The van der Waals surface area contributed by atoms with Crippen LogP contribution < -0.4 is 21.7 Å². The number of aromatic amines is 2. The van der Waals surface area contributed by atoms with Crippen LogP contribution in [0, 0.1) is 0 Å². The van der Waals surface area contributed by atoms with E-state index < -0.39 is 5.97 Å². The van der Waals surface area contributed by atoms with Gasteiger partial charge in [0.15, 0.2) is 0 Å². The molecular formula is C44H50Cl2N14O5. The number of aromatic nitrogens is 8. The number of nitrogens with zero attached hydrogens (tertiary/aromatic N) is 8. The Morgan fingerprint density at radius 3 is 1.49 bits per heavy atom. The smallest absolute Gasteiger partial charge is 0.321 e. The second kappa shape index (κ2) is 23.0. The molecule has 21 heteroatoms. The number of carboxylic acid groups (broad SMARTS) is 1. The van der Waals surface area contributed by atoms with E-state index in [0.717, 1.165) is 36.8 Å². The lowest BCUT2D eigenvalue weighted by atomic mass is 9.71. The number of likely N-dealkylation sites (tertiary alicyclic amines) is 2. The summed E-state index contributed by atoms with van der Waals surface area (Å²) in [6.45, 7) is 2.33. The fraction of sp³-hybridized carbons (Fsp3) is 0.318. The highest BCUT2D eigenvalue weighted by molar-refractivity contribution is 6.31. The molecule has 8 rings (SSSR count). The van der Waals surface area contributed by atoms with Gasteiger partial charge in [-0.05, 0) is 109 Å². The Morgan fingerprint density at radius 1 is 0.631 bits per heavy atom. The van der Waals surface area contributed by atoms with Crippen LogP contribution in [0.25, 0.3) is 0 Å². The van der Waals surface area contributed by atoms with Crippen LogP contribution in [-0.4, -0.2) is 106 Å². The molecule has 2 aliphatic heterocycles. The minimum Gasteiger partial charge on any atom is -0.481 e. The number of carbonyl (C=O) groups excluding carboxylic acids is 3. The first-order valence-corrected chi connectivity index (χ1v) is 21.7. The van der Waals surface area contributed by atoms with Crippen molar-refractivity contribution < 1.29 is 24.3 Å². The minimum atomic E-state index is -0.812. The standard InChI is InChI=1S/C22H24ClN7O2.C21H23ClN2O3.CH3N5/c23-17-7-9-18(10-8-17)24-21(32)30-14-4-12-22(15-30,16-5-2-1-3-6-16)13-11-19(31)25-20-26-28-29-27-20;22-17-7-9-18(10-8-17)23-20(27)24-14-4-12-21(15-24,13-11-19(25)26)16-5-2-1-3-6-16;2-1-3-5-6-4-1/h1-3,5-10H,4,11-15H2,(H,24,32)(H2,25,26,27,28,29,31);1-3,5-10H,4,11-15H2,(H,23,27)(H,25,26);(H3,2,3,4,5,6). The van der Waals surface area contributed by atoms with Crippen LogP contribution in [0.15, 0.2) is 109 Å². The number of piperidine rings is 2. The fourth-order valence-corrected chi connectivity index (χ4v) is 8.36. The van der Waals surface area contributed by atoms with Crippen molar-refractivity contribution in [2.45, 2.75) is 62.2 Å². The molecule has 0 spiro atoms. The van der Waals surface area contributed by atoms with Crippen molar-refractivity contribution >= 4 is 70.4 Å². The Bertz CT molecular complexity index is 2420. The predicted octanol–water partition coefficient (Wildman–Crippen LogP) is 7.39. The van der Waals surface area contributed by atoms with Crippen molar-refractivity contribution in [2.24, 2.45) is 0 Å². The summed E-state index contributed by atoms with van der Waals surface area (Å²) < 4.78 is 0. The average molecular weight is 926 g/mol. The van der Waals surface area contributed by atoms with Crippen LogP contribution in [0.3, 0.4) is 0 Å². The maximum atomic E-state index is 13.0. The van der Waals surface area contributed by atoms with E-state index in [1.54, 1.807) is 53.4 Å². The number of rotatable bonds is 11. The van der Waals surface area contributed by atoms with Gasteiger partial charge in [-0.15, -0.1) is 10.2 Å². The normalized spacial score (nSPS) is 17.9. The first-order chi connectivity index (χ1) is 31.4. The number of nitrogen functional groups attached to an aromatic ring is 1. The lowest BCUT2D eigenvalue weighted by molar-refractivity contribution is -0.137. The Labute approximate surface area is 384 Å². The van der Waals surface area contributed by atoms with Crippen molar-refractivity contribution in [3.8, 4) is 0 Å². The van der Waals surface area contributed by atoms with Gasteiger partial charge in [0.2, 0.25) is 5.91 Å².